The minimum Gasteiger partial charge on any atom is -0.458 e. The number of hydrogen-bond donors (Lipinski definition) is 1. The predicted octanol–water partition coefficient (Wildman–Crippen LogP) is 2.82. The van der Waals surface area contributed by atoms with Crippen LogP contribution in [0.3, 0.4) is 0 Å². The molecule has 3 rings (SSSR count). The van der Waals surface area contributed by atoms with Gasteiger partial charge >= 0.3 is 0 Å². The van der Waals surface area contributed by atoms with E-state index in [1.165, 1.54) is 0 Å². The first-order valence-electron chi connectivity index (χ1n) is 5.31. The van der Waals surface area contributed by atoms with E-state index < -0.39 is 6.29 Å². The molecule has 0 aliphatic carbocycles. The lowest BCUT2D eigenvalue weighted by Crippen LogP contribution is -2.08. The van der Waals surface area contributed by atoms with E-state index in [1.807, 2.05) is 30.3 Å². The van der Waals surface area contributed by atoms with Crippen LogP contribution in [-0.2, 0) is 6.42 Å². The molecule has 17 heavy (non-hydrogen) atoms. The summed E-state index contributed by atoms with van der Waals surface area (Å²) < 4.78 is 6.41. The molecule has 1 N–H and O–H groups in total. The van der Waals surface area contributed by atoms with Crippen LogP contribution in [0.5, 0.6) is 5.75 Å². The maximum absolute atomic E-state index is 10.0. The number of halogens is 1. The van der Waals surface area contributed by atoms with Crippen LogP contribution in [0, 0.1) is 0 Å². The second-order valence-corrected chi connectivity index (χ2v) is 4.78. The second kappa shape index (κ2) is 4.13. The van der Waals surface area contributed by atoms with Gasteiger partial charge in [-0.2, -0.15) is 0 Å². The molecule has 2 heterocycles. The van der Waals surface area contributed by atoms with E-state index in [4.69, 9.17) is 4.74 Å². The Balaban J connectivity index is 2.17. The van der Waals surface area contributed by atoms with Gasteiger partial charge in [-0.15, -0.1) is 0 Å². The molecule has 0 radical (unpaired) electrons. The first-order chi connectivity index (χ1) is 8.25. The highest BCUT2D eigenvalue weighted by molar-refractivity contribution is 9.10. The van der Waals surface area contributed by atoms with Crippen LogP contribution in [0.25, 0.3) is 0 Å². The van der Waals surface area contributed by atoms with Crippen molar-refractivity contribution in [3.63, 3.8) is 0 Å². The number of pyridine rings is 1. The molecule has 0 bridgehead atoms. The van der Waals surface area contributed by atoms with Crippen molar-refractivity contribution in [1.82, 2.24) is 4.98 Å². The van der Waals surface area contributed by atoms with Crippen LogP contribution >= 0.6 is 15.9 Å². The molecule has 86 valence electrons. The zero-order valence-corrected chi connectivity index (χ0v) is 10.5. The quantitative estimate of drug-likeness (QED) is 0.812. The average molecular weight is 292 g/mol. The summed E-state index contributed by atoms with van der Waals surface area (Å²) in [6.45, 7) is 0. The molecule has 1 atom stereocenters. The number of benzene rings is 1. The largest absolute Gasteiger partial charge is 0.458 e. The Morgan fingerprint density at radius 1 is 1.24 bits per heavy atom. The van der Waals surface area contributed by atoms with Gasteiger partial charge in [0, 0.05) is 12.6 Å². The third-order valence-corrected chi connectivity index (χ3v) is 3.44. The van der Waals surface area contributed by atoms with Gasteiger partial charge in [0.15, 0.2) is 0 Å². The van der Waals surface area contributed by atoms with Crippen LogP contribution < -0.4 is 4.74 Å². The van der Waals surface area contributed by atoms with Crippen LogP contribution in [0.4, 0.5) is 0 Å². The van der Waals surface area contributed by atoms with E-state index in [-0.39, 0.29) is 0 Å². The normalized spacial score (nSPS) is 17.6. The number of rotatable bonds is 0. The maximum atomic E-state index is 10.0. The van der Waals surface area contributed by atoms with E-state index in [0.29, 0.717) is 11.4 Å². The molecule has 0 amide bonds. The summed E-state index contributed by atoms with van der Waals surface area (Å²) in [7, 11) is 0. The van der Waals surface area contributed by atoms with Gasteiger partial charge in [-0.3, -0.25) is 4.98 Å². The Kier molecular flexibility index (Phi) is 2.61. The number of nitrogens with zero attached hydrogens (tertiary/aromatic N) is 1. The zero-order valence-electron chi connectivity index (χ0n) is 8.93. The number of aromatic nitrogens is 1. The van der Waals surface area contributed by atoms with Gasteiger partial charge in [0.25, 0.3) is 0 Å². The summed E-state index contributed by atoms with van der Waals surface area (Å²) in [5, 5.41) is 10.0. The monoisotopic (exact) mass is 291 g/mol. The van der Waals surface area contributed by atoms with Crippen LogP contribution in [0.2, 0.25) is 0 Å². The van der Waals surface area contributed by atoms with Crippen molar-refractivity contribution >= 4 is 15.9 Å². The van der Waals surface area contributed by atoms with Gasteiger partial charge in [0.1, 0.15) is 11.4 Å². The Labute approximate surface area is 107 Å². The SMILES string of the molecule is OC1Oc2c(Br)cccc2Cc2cccnc21. The summed E-state index contributed by atoms with van der Waals surface area (Å²) in [5.41, 5.74) is 2.64. The summed E-state index contributed by atoms with van der Waals surface area (Å²) in [6.07, 6.45) is 1.37. The minimum absolute atomic E-state index is 0.593. The molecular weight excluding hydrogens is 282 g/mol. The zero-order chi connectivity index (χ0) is 11.8. The second-order valence-electron chi connectivity index (χ2n) is 3.92. The molecule has 3 nitrogen and oxygen atoms in total. The molecule has 1 aromatic heterocycles. The summed E-state index contributed by atoms with van der Waals surface area (Å²) in [5.74, 6) is 0.693. The van der Waals surface area contributed by atoms with Gasteiger partial charge in [-0.25, -0.2) is 0 Å². The van der Waals surface area contributed by atoms with Crippen molar-refractivity contribution in [3.8, 4) is 5.75 Å². The summed E-state index contributed by atoms with van der Waals surface area (Å²) in [6, 6.07) is 9.68. The average Bonchev–Trinajstić information content (AvgIpc) is 2.47. The fourth-order valence-electron chi connectivity index (χ4n) is 2.02. The Hall–Kier alpha value is -1.39. The highest BCUT2D eigenvalue weighted by Crippen LogP contribution is 2.36. The van der Waals surface area contributed by atoms with Crippen LogP contribution in [0.15, 0.2) is 41.0 Å². The fraction of sp³-hybridized carbons (Fsp3) is 0.154. The first kappa shape index (κ1) is 10.7. The van der Waals surface area contributed by atoms with Crippen molar-refractivity contribution in [3.05, 3.63) is 57.8 Å². The molecule has 4 heteroatoms. The Morgan fingerprint density at radius 3 is 2.94 bits per heavy atom. The van der Waals surface area contributed by atoms with E-state index in [9.17, 15) is 5.11 Å². The van der Waals surface area contributed by atoms with Gasteiger partial charge in [0.2, 0.25) is 6.29 Å². The lowest BCUT2D eigenvalue weighted by molar-refractivity contribution is -0.0228. The smallest absolute Gasteiger partial charge is 0.241 e. The number of para-hydroxylation sites is 1. The topological polar surface area (TPSA) is 42.4 Å². The molecule has 0 saturated heterocycles. The molecule has 0 spiro atoms. The van der Waals surface area contributed by atoms with Gasteiger partial charge in [-0.1, -0.05) is 18.2 Å². The van der Waals surface area contributed by atoms with E-state index in [2.05, 4.69) is 20.9 Å². The number of aliphatic hydroxyl groups is 1. The van der Waals surface area contributed by atoms with Crippen molar-refractivity contribution in [1.29, 1.82) is 0 Å². The maximum Gasteiger partial charge on any atom is 0.241 e. The van der Waals surface area contributed by atoms with E-state index >= 15 is 0 Å². The van der Waals surface area contributed by atoms with Crippen molar-refractivity contribution in [2.24, 2.45) is 0 Å². The van der Waals surface area contributed by atoms with Gasteiger partial charge in [0.05, 0.1) is 4.47 Å². The van der Waals surface area contributed by atoms with Gasteiger partial charge in [-0.05, 0) is 39.2 Å². The number of aliphatic hydroxyl groups excluding tert-OH is 1. The third-order valence-electron chi connectivity index (χ3n) is 2.82. The van der Waals surface area contributed by atoms with Crippen LogP contribution in [-0.4, -0.2) is 10.1 Å². The van der Waals surface area contributed by atoms with E-state index in [1.54, 1.807) is 6.20 Å². The summed E-state index contributed by atoms with van der Waals surface area (Å²) in [4.78, 5) is 4.18. The molecule has 1 aliphatic heterocycles. The highest BCUT2D eigenvalue weighted by Gasteiger charge is 2.23. The molecule has 1 aliphatic rings. The molecule has 1 unspecified atom stereocenters. The number of hydrogen-bond acceptors (Lipinski definition) is 3. The molecule has 0 saturated carbocycles. The molecule has 2 aromatic rings. The third kappa shape index (κ3) is 1.83. The molecular formula is C13H10BrNO2. The summed E-state index contributed by atoms with van der Waals surface area (Å²) >= 11 is 3.43. The first-order valence-corrected chi connectivity index (χ1v) is 6.11. The highest BCUT2D eigenvalue weighted by atomic mass is 79.9. The molecule has 1 aromatic carbocycles. The molecule has 0 fully saturated rings. The lowest BCUT2D eigenvalue weighted by atomic mass is 10.0. The Morgan fingerprint density at radius 2 is 2.06 bits per heavy atom. The number of fused-ring (bicyclic) bond motifs is 2. The predicted molar refractivity (Wildman–Crippen MR) is 66.8 cm³/mol. The standard InChI is InChI=1S/C13H10BrNO2/c14-10-5-1-3-9-7-8-4-2-6-15-11(8)13(16)17-12(9)10/h1-6,13,16H,7H2. The Bertz CT molecular complexity index is 571. The van der Waals surface area contributed by atoms with Crippen molar-refractivity contribution in [2.75, 3.05) is 0 Å². The van der Waals surface area contributed by atoms with Crippen molar-refractivity contribution in [2.45, 2.75) is 12.7 Å². The van der Waals surface area contributed by atoms with Crippen LogP contribution in [0.1, 0.15) is 23.1 Å². The van der Waals surface area contributed by atoms with E-state index in [0.717, 1.165) is 22.0 Å². The minimum atomic E-state index is -1.01. The van der Waals surface area contributed by atoms with Gasteiger partial charge < -0.3 is 9.84 Å². The lowest BCUT2D eigenvalue weighted by Gasteiger charge is -2.13. The van der Waals surface area contributed by atoms with Crippen molar-refractivity contribution < 1.29 is 9.84 Å². The number of ether oxygens (including phenoxy) is 1. The fourth-order valence-corrected chi connectivity index (χ4v) is 2.52.